The smallest absolute Gasteiger partial charge is 0.119 e. The Bertz CT molecular complexity index is 363. The SMILES string of the molecule is CCCOc1cccc(C=CCC#N)c1. The number of hydrogen-bond donors (Lipinski definition) is 0. The molecule has 0 aliphatic heterocycles. The third-order valence-electron chi connectivity index (χ3n) is 1.85. The van der Waals surface area contributed by atoms with Gasteiger partial charge in [0.25, 0.3) is 0 Å². The highest BCUT2D eigenvalue weighted by Crippen LogP contribution is 2.14. The highest BCUT2D eigenvalue weighted by molar-refractivity contribution is 5.51. The Balaban J connectivity index is 2.62. The van der Waals surface area contributed by atoms with Crippen molar-refractivity contribution >= 4 is 6.08 Å². The summed E-state index contributed by atoms with van der Waals surface area (Å²) < 4.78 is 5.50. The zero-order valence-electron chi connectivity index (χ0n) is 8.94. The van der Waals surface area contributed by atoms with Crippen LogP contribution in [0.15, 0.2) is 30.3 Å². The monoisotopic (exact) mass is 201 g/mol. The number of hydrogen-bond acceptors (Lipinski definition) is 2. The zero-order chi connectivity index (χ0) is 10.9. The van der Waals surface area contributed by atoms with Crippen molar-refractivity contribution in [3.63, 3.8) is 0 Å². The van der Waals surface area contributed by atoms with Gasteiger partial charge < -0.3 is 4.74 Å². The van der Waals surface area contributed by atoms with Crippen LogP contribution in [0.5, 0.6) is 5.75 Å². The molecule has 0 heterocycles. The average molecular weight is 201 g/mol. The molecule has 0 unspecified atom stereocenters. The van der Waals surface area contributed by atoms with E-state index in [9.17, 15) is 0 Å². The minimum atomic E-state index is 0.444. The van der Waals surface area contributed by atoms with E-state index in [1.807, 2.05) is 36.4 Å². The third-order valence-corrected chi connectivity index (χ3v) is 1.85. The third kappa shape index (κ3) is 4.33. The van der Waals surface area contributed by atoms with Gasteiger partial charge in [-0.3, -0.25) is 0 Å². The number of rotatable bonds is 5. The van der Waals surface area contributed by atoms with Crippen molar-refractivity contribution in [2.75, 3.05) is 6.61 Å². The van der Waals surface area contributed by atoms with Crippen LogP contribution in [0.3, 0.4) is 0 Å². The molecule has 0 aliphatic rings. The molecule has 1 aromatic carbocycles. The van der Waals surface area contributed by atoms with Crippen LogP contribution < -0.4 is 4.74 Å². The Kier molecular flexibility index (Phi) is 5.03. The van der Waals surface area contributed by atoms with E-state index in [0.717, 1.165) is 24.3 Å². The normalized spacial score (nSPS) is 10.1. The van der Waals surface area contributed by atoms with Crippen molar-refractivity contribution in [1.82, 2.24) is 0 Å². The summed E-state index contributed by atoms with van der Waals surface area (Å²) in [5.74, 6) is 0.885. The van der Waals surface area contributed by atoms with Crippen molar-refractivity contribution in [2.24, 2.45) is 0 Å². The van der Waals surface area contributed by atoms with E-state index in [1.54, 1.807) is 0 Å². The lowest BCUT2D eigenvalue weighted by Crippen LogP contribution is -1.94. The number of ether oxygens (including phenoxy) is 1. The van der Waals surface area contributed by atoms with Gasteiger partial charge in [-0.05, 0) is 24.1 Å². The summed E-state index contributed by atoms with van der Waals surface area (Å²) in [4.78, 5) is 0. The molecule has 0 bridgehead atoms. The van der Waals surface area contributed by atoms with Gasteiger partial charge in [0.15, 0.2) is 0 Å². The molecule has 1 aromatic rings. The Labute approximate surface area is 90.8 Å². The first kappa shape index (κ1) is 11.3. The second kappa shape index (κ2) is 6.67. The fraction of sp³-hybridized carbons (Fsp3) is 0.308. The van der Waals surface area contributed by atoms with Gasteiger partial charge in [0.05, 0.1) is 19.1 Å². The van der Waals surface area contributed by atoms with Gasteiger partial charge in [-0.1, -0.05) is 31.2 Å². The molecule has 0 amide bonds. The van der Waals surface area contributed by atoms with Crippen LogP contribution in [0.25, 0.3) is 6.08 Å². The first-order chi connectivity index (χ1) is 7.36. The molecule has 0 aromatic heterocycles. The predicted octanol–water partition coefficient (Wildman–Crippen LogP) is 3.40. The number of allylic oxidation sites excluding steroid dienone is 1. The molecule has 0 aliphatic carbocycles. The maximum absolute atomic E-state index is 8.39. The predicted molar refractivity (Wildman–Crippen MR) is 61.5 cm³/mol. The van der Waals surface area contributed by atoms with Crippen LogP contribution in [0.1, 0.15) is 25.3 Å². The number of nitrogens with zero attached hydrogens (tertiary/aromatic N) is 1. The van der Waals surface area contributed by atoms with E-state index in [2.05, 4.69) is 13.0 Å². The summed E-state index contributed by atoms with van der Waals surface area (Å²) in [5, 5.41) is 8.39. The molecule has 15 heavy (non-hydrogen) atoms. The quantitative estimate of drug-likeness (QED) is 0.731. The Morgan fingerprint density at radius 1 is 1.47 bits per heavy atom. The minimum absolute atomic E-state index is 0.444. The first-order valence-corrected chi connectivity index (χ1v) is 5.13. The van der Waals surface area contributed by atoms with Crippen LogP contribution in [0, 0.1) is 11.3 Å². The van der Waals surface area contributed by atoms with Crippen molar-refractivity contribution in [2.45, 2.75) is 19.8 Å². The summed E-state index contributed by atoms with van der Waals surface area (Å²) in [7, 11) is 0. The molecule has 0 atom stereocenters. The molecular formula is C13H15NO. The zero-order valence-corrected chi connectivity index (χ0v) is 8.94. The second-order valence-corrected chi connectivity index (χ2v) is 3.19. The summed E-state index contributed by atoms with van der Waals surface area (Å²) in [6.45, 7) is 2.82. The van der Waals surface area contributed by atoms with Gasteiger partial charge >= 0.3 is 0 Å². The van der Waals surface area contributed by atoms with Crippen molar-refractivity contribution in [1.29, 1.82) is 5.26 Å². The fourth-order valence-corrected chi connectivity index (χ4v) is 1.18. The topological polar surface area (TPSA) is 33.0 Å². The van der Waals surface area contributed by atoms with Gasteiger partial charge in [-0.25, -0.2) is 0 Å². The number of benzene rings is 1. The molecule has 0 saturated heterocycles. The molecule has 0 spiro atoms. The Morgan fingerprint density at radius 2 is 2.33 bits per heavy atom. The van der Waals surface area contributed by atoms with E-state index < -0.39 is 0 Å². The second-order valence-electron chi connectivity index (χ2n) is 3.19. The fourth-order valence-electron chi connectivity index (χ4n) is 1.18. The molecule has 78 valence electrons. The van der Waals surface area contributed by atoms with Gasteiger partial charge in [-0.2, -0.15) is 5.26 Å². The molecule has 2 heteroatoms. The minimum Gasteiger partial charge on any atom is -0.494 e. The Hall–Kier alpha value is -1.75. The lowest BCUT2D eigenvalue weighted by atomic mass is 10.2. The van der Waals surface area contributed by atoms with Crippen LogP contribution in [-0.2, 0) is 0 Å². The largest absolute Gasteiger partial charge is 0.494 e. The lowest BCUT2D eigenvalue weighted by Gasteiger charge is -2.04. The maximum Gasteiger partial charge on any atom is 0.119 e. The summed E-state index contributed by atoms with van der Waals surface area (Å²) in [6.07, 6.45) is 5.23. The average Bonchev–Trinajstić information content (AvgIpc) is 2.27. The molecule has 0 saturated carbocycles. The van der Waals surface area contributed by atoms with E-state index in [1.165, 1.54) is 0 Å². The standard InChI is InChI=1S/C13H15NO/c1-2-10-15-13-8-5-7-12(11-13)6-3-4-9-14/h3,5-8,11H,2,4,10H2,1H3. The molecule has 0 fully saturated rings. The van der Waals surface area contributed by atoms with Gasteiger partial charge in [0.1, 0.15) is 5.75 Å². The van der Waals surface area contributed by atoms with Crippen molar-refractivity contribution < 1.29 is 4.74 Å². The van der Waals surface area contributed by atoms with Crippen LogP contribution in [0.4, 0.5) is 0 Å². The summed E-state index contributed by atoms with van der Waals surface area (Å²) >= 11 is 0. The Morgan fingerprint density at radius 3 is 3.07 bits per heavy atom. The van der Waals surface area contributed by atoms with Crippen molar-refractivity contribution in [3.05, 3.63) is 35.9 Å². The molecule has 0 radical (unpaired) electrons. The van der Waals surface area contributed by atoms with E-state index in [0.29, 0.717) is 6.42 Å². The van der Waals surface area contributed by atoms with Crippen LogP contribution >= 0.6 is 0 Å². The van der Waals surface area contributed by atoms with E-state index in [-0.39, 0.29) is 0 Å². The molecule has 0 N–H and O–H groups in total. The van der Waals surface area contributed by atoms with Gasteiger partial charge in [0.2, 0.25) is 0 Å². The van der Waals surface area contributed by atoms with Crippen LogP contribution in [0.2, 0.25) is 0 Å². The van der Waals surface area contributed by atoms with Gasteiger partial charge in [0, 0.05) is 0 Å². The summed E-state index contributed by atoms with van der Waals surface area (Å²) in [5.41, 5.74) is 1.07. The maximum atomic E-state index is 8.39. The van der Waals surface area contributed by atoms with Gasteiger partial charge in [-0.15, -0.1) is 0 Å². The van der Waals surface area contributed by atoms with Crippen molar-refractivity contribution in [3.8, 4) is 11.8 Å². The number of nitriles is 1. The highest BCUT2D eigenvalue weighted by Gasteiger charge is 1.93. The first-order valence-electron chi connectivity index (χ1n) is 5.13. The molecule has 1 rings (SSSR count). The van der Waals surface area contributed by atoms with Crippen LogP contribution in [-0.4, -0.2) is 6.61 Å². The van der Waals surface area contributed by atoms with E-state index in [4.69, 9.17) is 10.00 Å². The molecule has 2 nitrogen and oxygen atoms in total. The van der Waals surface area contributed by atoms with E-state index >= 15 is 0 Å². The summed E-state index contributed by atoms with van der Waals surface area (Å²) in [6, 6.07) is 9.93. The lowest BCUT2D eigenvalue weighted by molar-refractivity contribution is 0.317. The molecular weight excluding hydrogens is 186 g/mol. The highest BCUT2D eigenvalue weighted by atomic mass is 16.5.